The first kappa shape index (κ1) is 24.0. The van der Waals surface area contributed by atoms with Gasteiger partial charge in [-0.25, -0.2) is 17.5 Å². The molecule has 1 atom stereocenters. The molecule has 6 nitrogen and oxygen atoms in total. The maximum absolute atomic E-state index is 13.6. The molecule has 0 spiro atoms. The molecular formula is C27H27BrFN3O3S. The minimum atomic E-state index is -3.64. The van der Waals surface area contributed by atoms with Crippen LogP contribution in [0, 0.1) is 17.2 Å². The summed E-state index contributed by atoms with van der Waals surface area (Å²) < 4.78 is 51.1. The predicted octanol–water partition coefficient (Wildman–Crippen LogP) is 5.22. The maximum Gasteiger partial charge on any atom is 0.243 e. The molecule has 1 unspecified atom stereocenters. The zero-order valence-corrected chi connectivity index (χ0v) is 22.1. The van der Waals surface area contributed by atoms with Crippen molar-refractivity contribution in [3.63, 3.8) is 0 Å². The van der Waals surface area contributed by atoms with Crippen LogP contribution in [0.15, 0.2) is 69.7 Å². The van der Waals surface area contributed by atoms with E-state index in [1.807, 2.05) is 10.9 Å². The minimum Gasteiger partial charge on any atom is -0.380 e. The molecule has 2 aliphatic carbocycles. The fraction of sp³-hybridized carbons (Fsp3) is 0.370. The van der Waals surface area contributed by atoms with E-state index in [0.29, 0.717) is 43.4 Å². The molecule has 36 heavy (non-hydrogen) atoms. The van der Waals surface area contributed by atoms with Crippen LogP contribution in [0.4, 0.5) is 4.39 Å². The molecule has 1 saturated heterocycles. The molecule has 188 valence electrons. The molecule has 2 heterocycles. The fourth-order valence-corrected chi connectivity index (χ4v) is 7.07. The summed E-state index contributed by atoms with van der Waals surface area (Å²) in [6.45, 7) is 1.97. The van der Waals surface area contributed by atoms with Gasteiger partial charge in [-0.3, -0.25) is 0 Å². The number of halogens is 2. The normalized spacial score (nSPS) is 22.1. The molecule has 0 N–H and O–H groups in total. The van der Waals surface area contributed by atoms with Crippen molar-refractivity contribution < 1.29 is 17.5 Å². The van der Waals surface area contributed by atoms with E-state index in [2.05, 4.69) is 27.1 Å². The first-order valence-corrected chi connectivity index (χ1v) is 14.4. The van der Waals surface area contributed by atoms with Gasteiger partial charge in [-0.2, -0.15) is 9.40 Å². The van der Waals surface area contributed by atoms with Crippen LogP contribution in [0.2, 0.25) is 0 Å². The molecule has 6 rings (SSSR count). The lowest BCUT2D eigenvalue weighted by molar-refractivity contribution is 0.0358. The molecule has 3 aromatic rings. The van der Waals surface area contributed by atoms with Crippen molar-refractivity contribution in [2.45, 2.75) is 30.6 Å². The topological polar surface area (TPSA) is 64.4 Å². The number of hydrogen-bond donors (Lipinski definition) is 0. The second-order valence-corrected chi connectivity index (χ2v) is 12.9. The summed E-state index contributed by atoms with van der Waals surface area (Å²) in [7, 11) is -3.64. The summed E-state index contributed by atoms with van der Waals surface area (Å²) >= 11 is 3.39. The molecule has 3 aliphatic rings. The van der Waals surface area contributed by atoms with Crippen LogP contribution in [0.5, 0.6) is 0 Å². The lowest BCUT2D eigenvalue weighted by Gasteiger charge is -2.46. The molecule has 1 saturated carbocycles. The van der Waals surface area contributed by atoms with E-state index in [4.69, 9.17) is 4.74 Å². The summed E-state index contributed by atoms with van der Waals surface area (Å²) in [5.41, 5.74) is 3.55. The van der Waals surface area contributed by atoms with Crippen molar-refractivity contribution in [1.29, 1.82) is 0 Å². The molecule has 0 amide bonds. The number of nitrogens with zero attached hydrogens (tertiary/aromatic N) is 3. The van der Waals surface area contributed by atoms with Gasteiger partial charge in [0.1, 0.15) is 5.82 Å². The maximum atomic E-state index is 13.6. The number of ether oxygens (including phenoxy) is 1. The fourth-order valence-electron chi connectivity index (χ4n) is 5.28. The third-order valence-electron chi connectivity index (χ3n) is 7.47. The quantitative estimate of drug-likeness (QED) is 0.390. The Labute approximate surface area is 218 Å². The van der Waals surface area contributed by atoms with E-state index in [1.54, 1.807) is 40.7 Å². The molecule has 2 aromatic carbocycles. The van der Waals surface area contributed by atoms with Crippen LogP contribution in [0.25, 0.3) is 11.8 Å². The summed E-state index contributed by atoms with van der Waals surface area (Å²) in [5, 5.41) is 4.60. The van der Waals surface area contributed by atoms with Crippen molar-refractivity contribution in [2.75, 3.05) is 26.3 Å². The highest BCUT2D eigenvalue weighted by molar-refractivity contribution is 9.10. The van der Waals surface area contributed by atoms with E-state index in [0.717, 1.165) is 28.0 Å². The van der Waals surface area contributed by atoms with Gasteiger partial charge < -0.3 is 4.74 Å². The highest BCUT2D eigenvalue weighted by atomic mass is 79.9. The van der Waals surface area contributed by atoms with Crippen molar-refractivity contribution in [3.8, 4) is 5.69 Å². The molecular weight excluding hydrogens is 545 g/mol. The smallest absolute Gasteiger partial charge is 0.243 e. The second kappa shape index (κ2) is 9.20. The Hall–Kier alpha value is -2.33. The SMILES string of the molecule is O=S(=O)(c1ccc(Br)cc1)N1CCC2=Cc3c(cnn3-c3ccc(F)cc3)CC2(COCC2CC2)C1. The van der Waals surface area contributed by atoms with E-state index in [1.165, 1.54) is 30.5 Å². The Morgan fingerprint density at radius 2 is 1.86 bits per heavy atom. The Balaban J connectivity index is 1.34. The third kappa shape index (κ3) is 4.47. The van der Waals surface area contributed by atoms with Gasteiger partial charge in [0.25, 0.3) is 0 Å². The number of fused-ring (bicyclic) bond motifs is 2. The highest BCUT2D eigenvalue weighted by Crippen LogP contribution is 2.46. The average molecular weight is 572 g/mol. The third-order valence-corrected chi connectivity index (χ3v) is 9.86. The van der Waals surface area contributed by atoms with Crippen molar-refractivity contribution >= 4 is 32.0 Å². The van der Waals surface area contributed by atoms with Crippen molar-refractivity contribution in [1.82, 2.24) is 14.1 Å². The van der Waals surface area contributed by atoms with Crippen molar-refractivity contribution in [2.24, 2.45) is 11.3 Å². The first-order chi connectivity index (χ1) is 17.3. The standard InChI is InChI=1S/C27H27BrFN3O3S/c28-22-3-9-25(10-4-22)36(33,34)31-12-11-21-13-26-20(14-27(21,17-31)18-35-16-19-1-2-19)15-30-32(26)24-7-5-23(29)6-8-24/h3-10,13,15,19H,1-2,11-12,14,16-18H2. The van der Waals surface area contributed by atoms with E-state index in [-0.39, 0.29) is 5.82 Å². The molecule has 9 heteroatoms. The van der Waals surface area contributed by atoms with Crippen LogP contribution in [-0.2, 0) is 21.2 Å². The van der Waals surface area contributed by atoms with E-state index >= 15 is 0 Å². The van der Waals surface area contributed by atoms with Gasteiger partial charge in [0.2, 0.25) is 10.0 Å². The van der Waals surface area contributed by atoms with E-state index < -0.39 is 15.4 Å². The Bertz CT molecular complexity index is 1420. The second-order valence-electron chi connectivity index (χ2n) is 10.1. The van der Waals surface area contributed by atoms with Crippen LogP contribution >= 0.6 is 15.9 Å². The monoisotopic (exact) mass is 571 g/mol. The van der Waals surface area contributed by atoms with Gasteiger partial charge >= 0.3 is 0 Å². The zero-order valence-electron chi connectivity index (χ0n) is 19.7. The van der Waals surface area contributed by atoms with Gasteiger partial charge in [0, 0.05) is 29.6 Å². The first-order valence-electron chi connectivity index (χ1n) is 12.2. The largest absolute Gasteiger partial charge is 0.380 e. The van der Waals surface area contributed by atoms with Crippen LogP contribution in [0.1, 0.15) is 30.5 Å². The van der Waals surface area contributed by atoms with Crippen LogP contribution < -0.4 is 0 Å². The predicted molar refractivity (Wildman–Crippen MR) is 139 cm³/mol. The van der Waals surface area contributed by atoms with Crippen molar-refractivity contribution in [3.05, 3.63) is 81.8 Å². The number of benzene rings is 2. The Morgan fingerprint density at radius 3 is 2.58 bits per heavy atom. The van der Waals surface area contributed by atoms with Gasteiger partial charge in [-0.05, 0) is 91.8 Å². The van der Waals surface area contributed by atoms with Crippen LogP contribution in [0.3, 0.4) is 0 Å². The average Bonchev–Trinajstić information content (AvgIpc) is 3.61. The van der Waals surface area contributed by atoms with Gasteiger partial charge in [-0.15, -0.1) is 0 Å². The summed E-state index contributed by atoms with van der Waals surface area (Å²) in [5.74, 6) is 0.338. The molecule has 1 aliphatic heterocycles. The lowest BCUT2D eigenvalue weighted by Crippen LogP contribution is -2.51. The number of rotatable bonds is 7. The summed E-state index contributed by atoms with van der Waals surface area (Å²) in [6.07, 6.45) is 7.67. The van der Waals surface area contributed by atoms with Gasteiger partial charge in [0.15, 0.2) is 0 Å². The number of sulfonamides is 1. The Kier molecular flexibility index (Phi) is 6.14. The lowest BCUT2D eigenvalue weighted by atomic mass is 9.69. The number of hydrogen-bond acceptors (Lipinski definition) is 4. The van der Waals surface area contributed by atoms with Gasteiger partial charge in [-0.1, -0.05) is 21.5 Å². The molecule has 2 fully saturated rings. The highest BCUT2D eigenvalue weighted by Gasteiger charge is 2.46. The van der Waals surface area contributed by atoms with Crippen LogP contribution in [-0.4, -0.2) is 48.8 Å². The minimum absolute atomic E-state index is 0.288. The zero-order chi connectivity index (χ0) is 24.9. The number of aromatic nitrogens is 2. The summed E-state index contributed by atoms with van der Waals surface area (Å²) in [4.78, 5) is 0.299. The molecule has 0 bridgehead atoms. The van der Waals surface area contributed by atoms with Gasteiger partial charge in [0.05, 0.1) is 29.1 Å². The molecule has 1 aromatic heterocycles. The molecule has 0 radical (unpaired) electrons. The van der Waals surface area contributed by atoms with E-state index in [9.17, 15) is 12.8 Å². The number of piperidine rings is 1. The summed E-state index contributed by atoms with van der Waals surface area (Å²) in [6, 6.07) is 13.1. The Morgan fingerprint density at radius 1 is 1.11 bits per heavy atom.